The van der Waals surface area contributed by atoms with E-state index in [0.717, 1.165) is 43.0 Å². The number of methoxy groups -OCH3 is 2. The Bertz CT molecular complexity index is 1280. The topological polar surface area (TPSA) is 116 Å². The van der Waals surface area contributed by atoms with Crippen LogP contribution in [0.4, 0.5) is 11.9 Å². The van der Waals surface area contributed by atoms with Crippen molar-refractivity contribution in [3.8, 4) is 28.8 Å². The van der Waals surface area contributed by atoms with Crippen LogP contribution >= 0.6 is 11.9 Å². The number of ether oxygens (including phenoxy) is 2. The Hall–Kier alpha value is -3.93. The number of piperidine rings is 1. The summed E-state index contributed by atoms with van der Waals surface area (Å²) in [7, 11) is 3.12. The largest absolute Gasteiger partial charge is 0.479 e. The Morgan fingerprint density at radius 2 is 1.69 bits per heavy atom. The lowest BCUT2D eigenvalue weighted by atomic mass is 10.1. The van der Waals surface area contributed by atoms with Crippen molar-refractivity contribution in [1.82, 2.24) is 34.7 Å². The number of rotatable bonds is 8. The maximum absolute atomic E-state index is 5.56. The van der Waals surface area contributed by atoms with Crippen LogP contribution in [0.2, 0.25) is 0 Å². The molecular formula is C24H27N9O2S. The molecule has 186 valence electrons. The summed E-state index contributed by atoms with van der Waals surface area (Å²) < 4.78 is 16.4. The van der Waals surface area contributed by atoms with Crippen molar-refractivity contribution in [3.63, 3.8) is 0 Å². The van der Waals surface area contributed by atoms with Gasteiger partial charge in [0.1, 0.15) is 6.33 Å². The zero-order valence-electron chi connectivity index (χ0n) is 20.3. The van der Waals surface area contributed by atoms with Crippen molar-refractivity contribution in [2.45, 2.75) is 25.0 Å². The first-order chi connectivity index (χ1) is 17.7. The van der Waals surface area contributed by atoms with Gasteiger partial charge in [-0.25, -0.2) is 9.97 Å². The highest BCUT2D eigenvalue weighted by atomic mass is 32.2. The average Bonchev–Trinajstić information content (AvgIpc) is 3.36. The summed E-state index contributed by atoms with van der Waals surface area (Å²) in [6.07, 6.45) is 7.22. The van der Waals surface area contributed by atoms with E-state index in [1.54, 1.807) is 26.2 Å². The molecule has 0 bridgehead atoms. The zero-order chi connectivity index (χ0) is 24.9. The van der Waals surface area contributed by atoms with E-state index in [2.05, 4.69) is 39.8 Å². The molecule has 1 N–H and O–H groups in total. The Balaban J connectivity index is 1.44. The van der Waals surface area contributed by atoms with E-state index in [9.17, 15) is 0 Å². The molecule has 0 spiro atoms. The van der Waals surface area contributed by atoms with Gasteiger partial charge in [0.25, 0.3) is 0 Å². The molecule has 1 fully saturated rings. The Kier molecular flexibility index (Phi) is 7.12. The van der Waals surface area contributed by atoms with E-state index in [1.807, 2.05) is 54.2 Å². The predicted octanol–water partition coefficient (Wildman–Crippen LogP) is 3.57. The maximum Gasteiger partial charge on any atom is 0.245 e. The molecule has 12 heteroatoms. The second kappa shape index (κ2) is 10.8. The first-order valence-electron chi connectivity index (χ1n) is 11.6. The molecule has 3 aromatic heterocycles. The van der Waals surface area contributed by atoms with E-state index < -0.39 is 0 Å². The minimum atomic E-state index is 0.296. The molecule has 1 atom stereocenters. The van der Waals surface area contributed by atoms with Crippen molar-refractivity contribution >= 4 is 23.8 Å². The van der Waals surface area contributed by atoms with Crippen LogP contribution in [-0.2, 0) is 0 Å². The fourth-order valence-corrected chi connectivity index (χ4v) is 5.02. The van der Waals surface area contributed by atoms with E-state index in [0.29, 0.717) is 34.5 Å². The highest BCUT2D eigenvalue weighted by Crippen LogP contribution is 2.36. The summed E-state index contributed by atoms with van der Waals surface area (Å²) in [5, 5.41) is 9.25. The van der Waals surface area contributed by atoms with Gasteiger partial charge in [-0.3, -0.25) is 9.29 Å². The third-order valence-corrected chi connectivity index (χ3v) is 6.82. The van der Waals surface area contributed by atoms with Gasteiger partial charge < -0.3 is 14.4 Å². The summed E-state index contributed by atoms with van der Waals surface area (Å²) in [4.78, 5) is 19.8. The van der Waals surface area contributed by atoms with Gasteiger partial charge >= 0.3 is 0 Å². The van der Waals surface area contributed by atoms with Crippen molar-refractivity contribution in [2.24, 2.45) is 0 Å². The molecule has 36 heavy (non-hydrogen) atoms. The lowest BCUT2D eigenvalue weighted by Gasteiger charge is -2.32. The van der Waals surface area contributed by atoms with Gasteiger partial charge in [-0.05, 0) is 37.3 Å². The van der Waals surface area contributed by atoms with Crippen LogP contribution in [-0.4, -0.2) is 67.3 Å². The molecule has 1 unspecified atom stereocenters. The minimum absolute atomic E-state index is 0.296. The van der Waals surface area contributed by atoms with Crippen LogP contribution in [0.25, 0.3) is 17.1 Å². The van der Waals surface area contributed by atoms with Gasteiger partial charge in [0.15, 0.2) is 11.5 Å². The molecular weight excluding hydrogens is 478 g/mol. The lowest BCUT2D eigenvalue weighted by molar-refractivity contribution is 0.368. The highest BCUT2D eigenvalue weighted by Gasteiger charge is 2.27. The number of benzene rings is 1. The first kappa shape index (κ1) is 23.8. The van der Waals surface area contributed by atoms with Crippen molar-refractivity contribution in [2.75, 3.05) is 36.9 Å². The van der Waals surface area contributed by atoms with E-state index in [1.165, 1.54) is 6.33 Å². The van der Waals surface area contributed by atoms with Crippen LogP contribution < -0.4 is 19.1 Å². The quantitative estimate of drug-likeness (QED) is 0.354. The maximum atomic E-state index is 5.56. The fraction of sp³-hybridized carbons (Fsp3) is 0.333. The van der Waals surface area contributed by atoms with Gasteiger partial charge in [-0.15, -0.1) is 10.2 Å². The van der Waals surface area contributed by atoms with Gasteiger partial charge in [-0.2, -0.15) is 9.97 Å². The highest BCUT2D eigenvalue weighted by molar-refractivity contribution is 8.01. The number of hydrogen-bond acceptors (Lipinski definition) is 11. The fourth-order valence-electron chi connectivity index (χ4n) is 4.08. The Morgan fingerprint density at radius 1 is 0.972 bits per heavy atom. The molecule has 1 aliphatic heterocycles. The summed E-state index contributed by atoms with van der Waals surface area (Å²) >= 11 is 1.60. The van der Waals surface area contributed by atoms with Crippen LogP contribution in [0.5, 0.6) is 11.8 Å². The monoisotopic (exact) mass is 505 g/mol. The van der Waals surface area contributed by atoms with Gasteiger partial charge in [-0.1, -0.05) is 30.3 Å². The molecule has 1 aromatic carbocycles. The van der Waals surface area contributed by atoms with Crippen LogP contribution in [0.1, 0.15) is 18.4 Å². The third kappa shape index (κ3) is 4.89. The predicted molar refractivity (Wildman–Crippen MR) is 139 cm³/mol. The number of nitrogens with one attached hydrogen (secondary N) is 1. The Labute approximate surface area is 213 Å². The van der Waals surface area contributed by atoms with Gasteiger partial charge in [0, 0.05) is 36.3 Å². The molecule has 0 saturated carbocycles. The van der Waals surface area contributed by atoms with Crippen molar-refractivity contribution in [3.05, 3.63) is 54.6 Å². The lowest BCUT2D eigenvalue weighted by Crippen LogP contribution is -2.38. The number of anilines is 2. The van der Waals surface area contributed by atoms with Gasteiger partial charge in [0.2, 0.25) is 23.7 Å². The van der Waals surface area contributed by atoms with Gasteiger partial charge in [0.05, 0.1) is 14.2 Å². The average molecular weight is 506 g/mol. The summed E-state index contributed by atoms with van der Waals surface area (Å²) in [5.41, 5.74) is 2.46. The Morgan fingerprint density at radius 3 is 2.39 bits per heavy atom. The van der Waals surface area contributed by atoms with Crippen LogP contribution in [0, 0.1) is 6.92 Å². The van der Waals surface area contributed by atoms with Crippen LogP contribution in [0.3, 0.4) is 0 Å². The SMILES string of the molecule is COc1ncnc(OC)c1-n1c(NSC2CCCN(c3ncc(C)cn3)C2)nnc1-c1ccccc1. The molecule has 5 rings (SSSR count). The smallest absolute Gasteiger partial charge is 0.245 e. The third-order valence-electron chi connectivity index (χ3n) is 5.81. The van der Waals surface area contributed by atoms with Crippen molar-refractivity contribution in [1.29, 1.82) is 0 Å². The minimum Gasteiger partial charge on any atom is -0.479 e. The summed E-state index contributed by atoms with van der Waals surface area (Å²) in [5.74, 6) is 2.60. The number of aromatic nitrogens is 7. The molecule has 0 amide bonds. The number of nitrogens with zero attached hydrogens (tertiary/aromatic N) is 8. The van der Waals surface area contributed by atoms with Crippen molar-refractivity contribution < 1.29 is 9.47 Å². The van der Waals surface area contributed by atoms with Crippen LogP contribution in [0.15, 0.2) is 49.1 Å². The second-order valence-electron chi connectivity index (χ2n) is 8.28. The molecule has 1 saturated heterocycles. The molecule has 0 radical (unpaired) electrons. The molecule has 1 aliphatic rings. The number of hydrogen-bond donors (Lipinski definition) is 1. The molecule has 0 aliphatic carbocycles. The van der Waals surface area contributed by atoms with E-state index in [4.69, 9.17) is 9.47 Å². The van der Waals surface area contributed by atoms with E-state index in [-0.39, 0.29) is 0 Å². The summed E-state index contributed by atoms with van der Waals surface area (Å²) in [6, 6.07) is 9.81. The molecule has 4 heterocycles. The molecule has 4 aromatic rings. The van der Waals surface area contributed by atoms with E-state index >= 15 is 0 Å². The standard InChI is InChI=1S/C24H27N9O2S/c1-16-12-25-23(26-13-16)32-11-7-10-18(14-32)36-31-24-30-29-20(17-8-5-4-6-9-17)33(24)19-21(34-2)27-15-28-22(19)35-3/h4-6,8-9,12-13,15,18H,7,10-11,14H2,1-3H3,(H,30,31). The first-order valence-corrected chi connectivity index (χ1v) is 12.5. The number of aryl methyl sites for hydroxylation is 1. The molecule has 11 nitrogen and oxygen atoms in total. The summed E-state index contributed by atoms with van der Waals surface area (Å²) in [6.45, 7) is 3.75. The second-order valence-corrected chi connectivity index (χ2v) is 9.39. The zero-order valence-corrected chi connectivity index (χ0v) is 21.1. The normalized spacial score (nSPS) is 15.5.